The third-order valence-corrected chi connectivity index (χ3v) is 9.53. The highest BCUT2D eigenvalue weighted by Gasteiger charge is 2.52. The van der Waals surface area contributed by atoms with Gasteiger partial charge in [0.05, 0.1) is 31.3 Å². The van der Waals surface area contributed by atoms with Crippen molar-refractivity contribution in [2.75, 3.05) is 13.2 Å². The monoisotopic (exact) mass is 635 g/mol. The van der Waals surface area contributed by atoms with E-state index in [0.29, 0.717) is 13.0 Å². The molecule has 6 rings (SSSR count). The van der Waals surface area contributed by atoms with Gasteiger partial charge < -0.3 is 19.5 Å². The molecule has 4 aromatic carbocycles. The molecular formula is C39H41NO5S. The zero-order chi connectivity index (χ0) is 32.1. The Morgan fingerprint density at radius 2 is 1.35 bits per heavy atom. The van der Waals surface area contributed by atoms with E-state index in [0.717, 1.165) is 22.3 Å². The van der Waals surface area contributed by atoms with Crippen molar-refractivity contribution >= 4 is 23.0 Å². The Balaban J connectivity index is 1.15. The van der Waals surface area contributed by atoms with Crippen LogP contribution in [0.2, 0.25) is 0 Å². The van der Waals surface area contributed by atoms with Gasteiger partial charge in [0, 0.05) is 10.7 Å². The summed E-state index contributed by atoms with van der Waals surface area (Å²) in [6.45, 7) is 6.96. The molecule has 0 saturated carbocycles. The summed E-state index contributed by atoms with van der Waals surface area (Å²) in [5.41, 5.74) is 6.80. The minimum atomic E-state index is -0.496. The summed E-state index contributed by atoms with van der Waals surface area (Å²) in [5, 5.41) is 3.14. The number of benzene rings is 4. The minimum Gasteiger partial charge on any atom is -0.449 e. The number of thioether (sulfide) groups is 1. The van der Waals surface area contributed by atoms with Gasteiger partial charge in [-0.2, -0.15) is 0 Å². The topological polar surface area (TPSA) is 77.2 Å². The first-order valence-electron chi connectivity index (χ1n) is 15.9. The van der Waals surface area contributed by atoms with Gasteiger partial charge in [-0.1, -0.05) is 142 Å². The number of hydrogen-bond acceptors (Lipinski definition) is 6. The third-order valence-electron chi connectivity index (χ3n) is 8.42. The van der Waals surface area contributed by atoms with Crippen LogP contribution in [0.15, 0.2) is 109 Å². The summed E-state index contributed by atoms with van der Waals surface area (Å²) in [5.74, 6) is -0.505. The molecule has 0 spiro atoms. The van der Waals surface area contributed by atoms with Crippen LogP contribution in [0.25, 0.3) is 11.1 Å². The van der Waals surface area contributed by atoms with E-state index in [2.05, 4.69) is 29.6 Å². The summed E-state index contributed by atoms with van der Waals surface area (Å²) in [4.78, 5) is 27.0. The van der Waals surface area contributed by atoms with Gasteiger partial charge >= 0.3 is 6.09 Å². The number of nitrogens with one attached hydrogen (secondary N) is 1. The lowest BCUT2D eigenvalue weighted by molar-refractivity contribution is -0.117. The van der Waals surface area contributed by atoms with Crippen LogP contribution in [0, 0.1) is 5.92 Å². The van der Waals surface area contributed by atoms with E-state index in [1.807, 2.05) is 106 Å². The Hall–Kier alpha value is -3.91. The van der Waals surface area contributed by atoms with Crippen LogP contribution in [0.1, 0.15) is 48.9 Å². The van der Waals surface area contributed by atoms with Crippen LogP contribution in [0.3, 0.4) is 0 Å². The Kier molecular flexibility index (Phi) is 9.92. The fourth-order valence-corrected chi connectivity index (χ4v) is 7.20. The van der Waals surface area contributed by atoms with E-state index in [1.165, 1.54) is 22.9 Å². The molecule has 0 aromatic heterocycles. The van der Waals surface area contributed by atoms with Crippen LogP contribution < -0.4 is 5.32 Å². The average Bonchev–Trinajstić information content (AvgIpc) is 3.77. The molecule has 2 aliphatic rings. The van der Waals surface area contributed by atoms with Gasteiger partial charge in [0.2, 0.25) is 0 Å². The molecule has 1 N–H and O–H groups in total. The van der Waals surface area contributed by atoms with Crippen molar-refractivity contribution in [3.63, 3.8) is 0 Å². The first-order valence-corrected chi connectivity index (χ1v) is 16.7. The number of alkyl carbamates (subject to hydrolysis) is 1. The second kappa shape index (κ2) is 14.2. The van der Waals surface area contributed by atoms with Crippen LogP contribution in [-0.2, 0) is 32.0 Å². The molecule has 1 fully saturated rings. The van der Waals surface area contributed by atoms with E-state index < -0.39 is 12.0 Å². The molecule has 238 valence electrons. The van der Waals surface area contributed by atoms with E-state index in [1.54, 1.807) is 0 Å². The number of fused-ring (bicyclic) bond motifs is 3. The van der Waals surface area contributed by atoms with Gasteiger partial charge in [-0.3, -0.25) is 4.79 Å². The molecule has 0 radical (unpaired) electrons. The maximum atomic E-state index is 13.6. The molecule has 6 nitrogen and oxygen atoms in total. The van der Waals surface area contributed by atoms with E-state index in [4.69, 9.17) is 14.2 Å². The lowest BCUT2D eigenvalue weighted by Crippen LogP contribution is -2.43. The largest absolute Gasteiger partial charge is 0.449 e. The molecule has 1 heterocycles. The summed E-state index contributed by atoms with van der Waals surface area (Å²) < 4.78 is 18.0. The number of carbonyl (C=O) groups excluding carboxylic acids is 2. The van der Waals surface area contributed by atoms with Crippen molar-refractivity contribution < 1.29 is 23.8 Å². The quantitative estimate of drug-likeness (QED) is 0.160. The van der Waals surface area contributed by atoms with Crippen LogP contribution in [-0.4, -0.2) is 47.4 Å². The van der Waals surface area contributed by atoms with Crippen LogP contribution in [0.5, 0.6) is 0 Å². The highest BCUT2D eigenvalue weighted by molar-refractivity contribution is 8.14. The first kappa shape index (κ1) is 32.0. The average molecular weight is 636 g/mol. The second-order valence-electron chi connectivity index (χ2n) is 13.0. The number of ether oxygens (including phenoxy) is 3. The second-order valence-corrected chi connectivity index (χ2v) is 14.8. The third kappa shape index (κ3) is 7.89. The Labute approximate surface area is 275 Å². The fourth-order valence-electron chi connectivity index (χ4n) is 6.24. The fraction of sp³-hybridized carbons (Fsp3) is 0.333. The van der Waals surface area contributed by atoms with Crippen molar-refractivity contribution in [2.45, 2.75) is 62.7 Å². The molecule has 7 heteroatoms. The number of rotatable bonds is 12. The predicted octanol–water partition coefficient (Wildman–Crippen LogP) is 7.80. The Bertz CT molecular complexity index is 1590. The van der Waals surface area contributed by atoms with E-state index in [-0.39, 0.29) is 47.2 Å². The molecule has 46 heavy (non-hydrogen) atoms. The first-order chi connectivity index (χ1) is 22.3. The van der Waals surface area contributed by atoms with Crippen LogP contribution in [0.4, 0.5) is 4.79 Å². The standard InChI is InChI=1S/C39H41NO5S/c1-39(2,3)46-37(41)33(24-43-23-27-16-8-5-9-17-27)35-36(45-35)34(22-26-14-6-4-7-15-26)40-38(42)44-25-32-30-20-12-10-18-28(30)29-19-11-13-21-31(29)32/h4-21,32-36H,22-25H2,1-3H3,(H,40,42)/t33-,34-,35+,36+/m0/s1. The molecule has 1 saturated heterocycles. The number of hydrogen-bond donors (Lipinski definition) is 1. The van der Waals surface area contributed by atoms with E-state index >= 15 is 0 Å². The summed E-state index contributed by atoms with van der Waals surface area (Å²) in [6.07, 6.45) is -0.676. The molecule has 4 atom stereocenters. The lowest BCUT2D eigenvalue weighted by atomic mass is 9.97. The SMILES string of the molecule is CC(C)(C)SC(=O)[C@@H](COCc1ccccc1)[C@H]1O[C@@H]1[C@H](Cc1ccccc1)NC(=O)OCC1c2ccccc2-c2ccccc21. The summed E-state index contributed by atoms with van der Waals surface area (Å²) in [7, 11) is 0. The normalized spacial score (nSPS) is 18.2. The molecule has 1 aliphatic heterocycles. The summed E-state index contributed by atoms with van der Waals surface area (Å²) >= 11 is 1.31. The van der Waals surface area contributed by atoms with Crippen molar-refractivity contribution in [2.24, 2.45) is 5.92 Å². The highest BCUT2D eigenvalue weighted by atomic mass is 32.2. The molecule has 1 aliphatic carbocycles. The number of amides is 1. The number of epoxide rings is 1. The van der Waals surface area contributed by atoms with Gasteiger partial charge in [-0.15, -0.1) is 0 Å². The van der Waals surface area contributed by atoms with Crippen molar-refractivity contribution in [3.8, 4) is 11.1 Å². The predicted molar refractivity (Wildman–Crippen MR) is 183 cm³/mol. The van der Waals surface area contributed by atoms with Gasteiger partial charge in [0.1, 0.15) is 12.7 Å². The minimum absolute atomic E-state index is 0.0335. The van der Waals surface area contributed by atoms with Gasteiger partial charge in [0.25, 0.3) is 0 Å². The Morgan fingerprint density at radius 1 is 0.783 bits per heavy atom. The Morgan fingerprint density at radius 3 is 1.96 bits per heavy atom. The van der Waals surface area contributed by atoms with Gasteiger partial charge in [-0.25, -0.2) is 4.79 Å². The zero-order valence-electron chi connectivity index (χ0n) is 26.6. The molecule has 0 unspecified atom stereocenters. The van der Waals surface area contributed by atoms with Gasteiger partial charge in [0.15, 0.2) is 5.12 Å². The smallest absolute Gasteiger partial charge is 0.407 e. The maximum absolute atomic E-state index is 13.6. The molecular weight excluding hydrogens is 594 g/mol. The van der Waals surface area contributed by atoms with Crippen molar-refractivity contribution in [1.29, 1.82) is 0 Å². The number of carbonyl (C=O) groups is 2. The molecule has 4 aromatic rings. The van der Waals surface area contributed by atoms with Crippen molar-refractivity contribution in [3.05, 3.63) is 131 Å². The van der Waals surface area contributed by atoms with Crippen molar-refractivity contribution in [1.82, 2.24) is 5.32 Å². The van der Waals surface area contributed by atoms with Crippen LogP contribution >= 0.6 is 11.8 Å². The summed E-state index contributed by atoms with van der Waals surface area (Å²) in [6, 6.07) is 36.1. The zero-order valence-corrected chi connectivity index (χ0v) is 27.4. The van der Waals surface area contributed by atoms with Gasteiger partial charge in [-0.05, 0) is 39.8 Å². The van der Waals surface area contributed by atoms with E-state index in [9.17, 15) is 9.59 Å². The lowest BCUT2D eigenvalue weighted by Gasteiger charge is -2.22. The highest BCUT2D eigenvalue weighted by Crippen LogP contribution is 2.44. The molecule has 1 amide bonds. The maximum Gasteiger partial charge on any atom is 0.407 e. The molecule has 0 bridgehead atoms.